The van der Waals surface area contributed by atoms with Crippen molar-refractivity contribution in [3.63, 3.8) is 0 Å². The molecule has 0 bridgehead atoms. The fraction of sp³-hybridized carbons (Fsp3) is 0.943. The first-order chi connectivity index (χ1) is 45.0. The Kier molecular flexibility index (Phi) is 27.5. The largest absolute Gasteiger partial charge is 0.479 e. The van der Waals surface area contributed by atoms with Gasteiger partial charge in [0.1, 0.15) is 177 Å². The van der Waals surface area contributed by atoms with Crippen LogP contribution in [0.5, 0.6) is 0 Å². The van der Waals surface area contributed by atoms with Gasteiger partial charge >= 0.3 is 5.97 Å². The molecule has 0 radical (unpaired) electrons. The Hall–Kier alpha value is -3.03. The average Bonchev–Trinajstić information content (AvgIpc) is 0.771. The summed E-state index contributed by atoms with van der Waals surface area (Å²) < 4.78 is 99.7. The molecule has 8 aliphatic heterocycles. The molecule has 0 saturated carbocycles. The van der Waals surface area contributed by atoms with E-state index in [2.05, 4.69) is 10.6 Å². The van der Waals surface area contributed by atoms with Gasteiger partial charge in [0.15, 0.2) is 56.4 Å². The molecular weight excluding hydrogens is 1300 g/mol. The van der Waals surface area contributed by atoms with E-state index < -0.39 is 297 Å². The zero-order chi connectivity index (χ0) is 69.9. The number of carboxylic acids is 1. The Labute approximate surface area is 538 Å². The molecule has 22 N–H and O–H groups in total. The number of aliphatic carboxylic acids is 1. The van der Waals surface area contributed by atoms with Gasteiger partial charge in [-0.05, 0) is 6.92 Å². The topological polar surface area (TPSA) is 637 Å². The molecule has 8 saturated heterocycles. The Morgan fingerprint density at radius 3 is 1.36 bits per heavy atom. The highest BCUT2D eigenvalue weighted by Crippen LogP contribution is 2.40. The van der Waals surface area contributed by atoms with Crippen LogP contribution in [0.1, 0.15) is 20.8 Å². The van der Waals surface area contributed by atoms with Gasteiger partial charge in [0.25, 0.3) is 0 Å². The second kappa shape index (κ2) is 33.6. The summed E-state index contributed by atoms with van der Waals surface area (Å²) in [4.78, 5) is 38.1. The molecule has 2 amide bonds. The number of nitrogens with one attached hydrogen (secondary N) is 2. The number of carboxylic acid groups (broad SMARTS) is 1. The van der Waals surface area contributed by atoms with E-state index in [0.29, 0.717) is 0 Å². The van der Waals surface area contributed by atoms with E-state index in [-0.39, 0.29) is 0 Å². The summed E-state index contributed by atoms with van der Waals surface area (Å²) in [6, 6.07) is -3.46. The first-order valence-corrected chi connectivity index (χ1v) is 30.2. The number of hydrogen-bond donors (Lipinski definition) is 22. The zero-order valence-corrected chi connectivity index (χ0v) is 51.4. The van der Waals surface area contributed by atoms with Crippen molar-refractivity contribution in [1.82, 2.24) is 10.6 Å². The summed E-state index contributed by atoms with van der Waals surface area (Å²) >= 11 is 0. The normalized spacial score (nSPS) is 50.0. The average molecular weight is 1390 g/mol. The van der Waals surface area contributed by atoms with Crippen LogP contribution in [0.25, 0.3) is 0 Å². The molecule has 95 heavy (non-hydrogen) atoms. The van der Waals surface area contributed by atoms with Gasteiger partial charge in [-0.2, -0.15) is 0 Å². The van der Waals surface area contributed by atoms with Gasteiger partial charge in [-0.1, -0.05) is 0 Å². The minimum atomic E-state index is -2.32. The Morgan fingerprint density at radius 2 is 0.779 bits per heavy atom. The van der Waals surface area contributed by atoms with E-state index in [1.165, 1.54) is 6.92 Å². The van der Waals surface area contributed by atoms with Crippen molar-refractivity contribution in [2.75, 3.05) is 53.9 Å². The maximum absolute atomic E-state index is 13.1. The minimum absolute atomic E-state index is 0.708. The predicted octanol–water partition coefficient (Wildman–Crippen LogP) is -15.1. The second-order valence-corrected chi connectivity index (χ2v) is 23.8. The lowest BCUT2D eigenvalue weighted by Gasteiger charge is -2.52. The molecule has 0 unspecified atom stereocenters. The fourth-order valence-electron chi connectivity index (χ4n) is 12.4. The first kappa shape index (κ1) is 77.7. The van der Waals surface area contributed by atoms with Crippen molar-refractivity contribution in [3.05, 3.63) is 0 Å². The lowest BCUT2D eigenvalue weighted by atomic mass is 9.94. The molecular formula is C53H88N2O40. The summed E-state index contributed by atoms with van der Waals surface area (Å²) in [5.74, 6) is -3.37. The third-order valence-corrected chi connectivity index (χ3v) is 17.5. The van der Waals surface area contributed by atoms with Crippen LogP contribution in [0, 0.1) is 0 Å². The molecule has 8 heterocycles. The van der Waals surface area contributed by atoms with Gasteiger partial charge in [0.2, 0.25) is 11.8 Å². The standard InChI is InChI=1S/C53H88N2O40/c1-12-35(88-50-33(74)30(71)39(80-5)43(94-50)45(76)77)41(91-48-22(55-14(3)62)38(79-4)25(66)17(7-57)84-48)34(75)51(82-12)89-36-20(10-60)87-47(21(27(36)68)54-13(2)61)93-42-28(69)24(65)16(6-56)85-52(42)92-40-26(67)18(8-58)86-53(44(40)95-49-32(73)23(64)15(63)11-81-49)90-37-19(9-59)83-46(78)31(72)29(37)70/h12,15-44,46-53,56-60,63-75,78H,6-11H2,1-5H3,(H,54,61)(H,55,62)(H,76,77)/t12-,15+,16+,17+,18+,19+,20+,21+,22+,23-,24+,25-,26+,27+,28-,29+,30+,31+,32+,33+,34-,35+,36+,37+,38+,39-,40-,41-,42-,43-,44-,46+,47-,48+,49-,50+,51-,52+,53-/m0/s1. The van der Waals surface area contributed by atoms with Gasteiger partial charge in [-0.3, -0.25) is 9.59 Å². The van der Waals surface area contributed by atoms with E-state index in [1.807, 2.05) is 0 Å². The van der Waals surface area contributed by atoms with Gasteiger partial charge in [-0.15, -0.1) is 0 Å². The summed E-state index contributed by atoms with van der Waals surface area (Å²) in [5.41, 5.74) is 0. The minimum Gasteiger partial charge on any atom is -0.479 e. The van der Waals surface area contributed by atoms with E-state index in [0.717, 1.165) is 28.1 Å². The number of carbonyl (C=O) groups excluding carboxylic acids is 2. The molecule has 8 rings (SSSR count). The van der Waals surface area contributed by atoms with Crippen molar-refractivity contribution in [3.8, 4) is 0 Å². The number of hydrogen-bond acceptors (Lipinski definition) is 39. The van der Waals surface area contributed by atoms with Gasteiger partial charge in [0, 0.05) is 28.1 Å². The molecule has 39 atom stereocenters. The predicted molar refractivity (Wildman–Crippen MR) is 290 cm³/mol. The van der Waals surface area contributed by atoms with Gasteiger partial charge in [0.05, 0.1) is 45.7 Å². The molecule has 0 aromatic heterocycles. The number of ether oxygens (including phenoxy) is 17. The van der Waals surface area contributed by atoms with Crippen LogP contribution in [0.15, 0.2) is 0 Å². The van der Waals surface area contributed by atoms with Gasteiger partial charge in [-0.25, -0.2) is 4.79 Å². The molecule has 550 valence electrons. The fourth-order valence-corrected chi connectivity index (χ4v) is 12.4. The van der Waals surface area contributed by atoms with Crippen LogP contribution in [-0.2, 0) is 94.9 Å². The molecule has 42 heteroatoms. The third-order valence-electron chi connectivity index (χ3n) is 17.5. The molecule has 0 aromatic carbocycles. The molecule has 42 nitrogen and oxygen atoms in total. The van der Waals surface area contributed by atoms with Gasteiger partial charge < -0.3 is 193 Å². The van der Waals surface area contributed by atoms with Crippen LogP contribution in [0.3, 0.4) is 0 Å². The van der Waals surface area contributed by atoms with Crippen molar-refractivity contribution >= 4 is 17.8 Å². The molecule has 8 aliphatic rings. The van der Waals surface area contributed by atoms with Crippen LogP contribution in [-0.4, -0.2) is 413 Å². The van der Waals surface area contributed by atoms with Crippen LogP contribution < -0.4 is 10.6 Å². The molecule has 0 aliphatic carbocycles. The lowest BCUT2D eigenvalue weighted by Crippen LogP contribution is -2.71. The SMILES string of the molecule is CO[C@H]1[C@@H](O)[C@@H](CO)O[C@H](O[C@H]2[C@H](O)[C@H](O[C@H]3[C@H](O)[C@@H](NC(C)=O)[C@H](O[C@@H]4[C@@H](O[C@H]5[C@H](O)[C@@H](CO)O[C@@H](O[C@H]6[C@H](O)[C@@H](O)[C@H](O)O[C@@H]6CO)[C@H]5O[C@@H]5OC[C@@H](O)[C@H](O)[C@H]5O)O[C@H](CO)[C@@H](O)[C@@H]4O)O[C@@H]3CO)O[C@@H](C)[C@H]2O[C@@H]2O[C@H](C(=O)O)[C@@H](OC)[C@H](O)[C@H]2O)[C@@H]1NC(C)=O. The Bertz CT molecular complexity index is 2430. The number of aliphatic hydroxyl groups is 19. The van der Waals surface area contributed by atoms with E-state index in [4.69, 9.17) is 80.5 Å². The van der Waals surface area contributed by atoms with E-state index in [1.54, 1.807) is 0 Å². The summed E-state index contributed by atoms with van der Waals surface area (Å²) in [6.07, 6.45) is -73.3. The lowest BCUT2D eigenvalue weighted by molar-refractivity contribution is -0.410. The molecule has 0 spiro atoms. The smallest absolute Gasteiger partial charge is 0.335 e. The number of rotatable bonds is 24. The van der Waals surface area contributed by atoms with E-state index in [9.17, 15) is 117 Å². The monoisotopic (exact) mass is 1390 g/mol. The highest BCUT2D eigenvalue weighted by atomic mass is 16.8. The molecule has 0 aromatic rings. The highest BCUT2D eigenvalue weighted by Gasteiger charge is 2.61. The first-order valence-electron chi connectivity index (χ1n) is 30.2. The second-order valence-electron chi connectivity index (χ2n) is 23.8. The summed E-state index contributed by atoms with van der Waals surface area (Å²) in [7, 11) is 2.17. The maximum Gasteiger partial charge on any atom is 0.335 e. The summed E-state index contributed by atoms with van der Waals surface area (Å²) in [5, 5.41) is 224. The molecule has 8 fully saturated rings. The Balaban J connectivity index is 1.11. The van der Waals surface area contributed by atoms with Crippen molar-refractivity contribution in [2.45, 2.75) is 260 Å². The van der Waals surface area contributed by atoms with Crippen LogP contribution in [0.2, 0.25) is 0 Å². The number of methoxy groups -OCH3 is 2. The third kappa shape index (κ3) is 16.6. The number of carbonyl (C=O) groups is 3. The maximum atomic E-state index is 13.1. The Morgan fingerprint density at radius 1 is 0.368 bits per heavy atom. The quantitative estimate of drug-likeness (QED) is 0.0427. The van der Waals surface area contributed by atoms with Crippen LogP contribution in [0.4, 0.5) is 0 Å². The number of aliphatic hydroxyl groups excluding tert-OH is 19. The highest BCUT2D eigenvalue weighted by molar-refractivity contribution is 5.74. The number of amides is 2. The van der Waals surface area contributed by atoms with E-state index >= 15 is 0 Å². The van der Waals surface area contributed by atoms with Crippen molar-refractivity contribution < 1.29 is 197 Å². The van der Waals surface area contributed by atoms with Crippen molar-refractivity contribution in [1.29, 1.82) is 0 Å². The van der Waals surface area contributed by atoms with Crippen molar-refractivity contribution in [2.24, 2.45) is 0 Å². The zero-order valence-electron chi connectivity index (χ0n) is 51.4. The summed E-state index contributed by atoms with van der Waals surface area (Å²) in [6.45, 7) is -2.70. The van der Waals surface area contributed by atoms with Crippen LogP contribution >= 0.6 is 0 Å².